The van der Waals surface area contributed by atoms with Crippen LogP contribution in [0.25, 0.3) is 0 Å². The molecule has 0 aliphatic carbocycles. The van der Waals surface area contributed by atoms with Crippen molar-refractivity contribution in [2.45, 2.75) is 49.1 Å². The Labute approximate surface area is 114 Å². The number of ether oxygens (including phenoxy) is 1. The summed E-state index contributed by atoms with van der Waals surface area (Å²) in [6.07, 6.45) is 0.107. The number of rotatable bonds is 3. The molecular formula is C11H16N2O5S. The van der Waals surface area contributed by atoms with Crippen LogP contribution in [-0.4, -0.2) is 49.7 Å². The van der Waals surface area contributed by atoms with Gasteiger partial charge in [-0.3, -0.25) is 15.3 Å². The molecule has 2 fully saturated rings. The van der Waals surface area contributed by atoms with Crippen molar-refractivity contribution in [3.05, 3.63) is 0 Å². The van der Waals surface area contributed by atoms with E-state index in [0.717, 1.165) is 0 Å². The van der Waals surface area contributed by atoms with Crippen molar-refractivity contribution in [2.75, 3.05) is 0 Å². The van der Waals surface area contributed by atoms with E-state index < -0.39 is 39.7 Å². The Morgan fingerprint density at radius 2 is 2.11 bits per heavy atom. The van der Waals surface area contributed by atoms with Gasteiger partial charge in [-0.25, -0.2) is 4.79 Å². The van der Waals surface area contributed by atoms with Crippen molar-refractivity contribution in [1.82, 2.24) is 4.90 Å². The van der Waals surface area contributed by atoms with E-state index in [1.165, 1.54) is 16.7 Å². The van der Waals surface area contributed by atoms with Crippen LogP contribution in [0.4, 0.5) is 0 Å². The number of β-lactam (4-membered cyclic amide) rings is 1. The van der Waals surface area contributed by atoms with E-state index in [1.54, 1.807) is 20.8 Å². The minimum Gasteiger partial charge on any atom is -0.480 e. The lowest BCUT2D eigenvalue weighted by Crippen LogP contribution is -2.79. The van der Waals surface area contributed by atoms with Crippen LogP contribution < -0.4 is 5.73 Å². The van der Waals surface area contributed by atoms with E-state index >= 15 is 0 Å². The van der Waals surface area contributed by atoms with Gasteiger partial charge in [-0.2, -0.15) is 0 Å². The predicted molar refractivity (Wildman–Crippen MR) is 67.0 cm³/mol. The lowest BCUT2D eigenvalue weighted by atomic mass is 9.94. The number of thioether (sulfide) groups is 1. The molecule has 2 aliphatic heterocycles. The van der Waals surface area contributed by atoms with Gasteiger partial charge in [0, 0.05) is 11.2 Å². The zero-order chi connectivity index (χ0) is 14.6. The molecule has 19 heavy (non-hydrogen) atoms. The number of fused-ring (bicyclic) bond motifs is 1. The van der Waals surface area contributed by atoms with Gasteiger partial charge in [0.1, 0.15) is 11.4 Å². The van der Waals surface area contributed by atoms with Gasteiger partial charge >= 0.3 is 11.9 Å². The zero-order valence-electron chi connectivity index (χ0n) is 10.9. The molecule has 2 heterocycles. The predicted octanol–water partition coefficient (Wildman–Crippen LogP) is -0.258. The average Bonchev–Trinajstić information content (AvgIpc) is 2.58. The highest BCUT2D eigenvalue weighted by Crippen LogP contribution is 2.54. The zero-order valence-corrected chi connectivity index (χ0v) is 11.7. The molecule has 2 rings (SSSR count). The van der Waals surface area contributed by atoms with Crippen LogP contribution in [0.3, 0.4) is 0 Å². The summed E-state index contributed by atoms with van der Waals surface area (Å²) < 4.78 is 4.32. The number of carboxylic acids is 1. The molecule has 106 valence electrons. The van der Waals surface area contributed by atoms with Gasteiger partial charge in [0.25, 0.3) is 11.6 Å². The van der Waals surface area contributed by atoms with Crippen molar-refractivity contribution in [2.24, 2.45) is 5.73 Å². The van der Waals surface area contributed by atoms with Crippen molar-refractivity contribution >= 4 is 29.6 Å². The number of nitrogens with zero attached hydrogens (tertiary/aromatic N) is 1. The molecule has 2 aliphatic rings. The van der Waals surface area contributed by atoms with E-state index in [0.29, 0.717) is 0 Å². The second-order valence-corrected chi connectivity index (χ2v) is 6.88. The van der Waals surface area contributed by atoms with Crippen molar-refractivity contribution in [1.29, 1.82) is 0 Å². The van der Waals surface area contributed by atoms with Crippen molar-refractivity contribution in [3.8, 4) is 0 Å². The van der Waals surface area contributed by atoms with Crippen LogP contribution in [0, 0.1) is 0 Å². The molecule has 0 aromatic carbocycles. The minimum atomic E-state index is -1.74. The molecule has 0 spiro atoms. The van der Waals surface area contributed by atoms with Crippen LogP contribution in [0.15, 0.2) is 0 Å². The molecule has 0 bridgehead atoms. The number of carboxylic acid groups (broad SMARTS) is 1. The minimum absolute atomic E-state index is 0.107. The second-order valence-electron chi connectivity index (χ2n) is 5.15. The van der Waals surface area contributed by atoms with Gasteiger partial charge in [0.05, 0.1) is 0 Å². The molecule has 2 saturated heterocycles. The summed E-state index contributed by atoms with van der Waals surface area (Å²) in [5.74, 6) is -2.31. The van der Waals surface area contributed by atoms with E-state index in [9.17, 15) is 19.5 Å². The first-order chi connectivity index (χ1) is 8.65. The quantitative estimate of drug-likeness (QED) is 0.418. The first-order valence-corrected chi connectivity index (χ1v) is 6.77. The number of amides is 1. The highest BCUT2D eigenvalue weighted by Gasteiger charge is 2.72. The Hall–Kier alpha value is -1.28. The van der Waals surface area contributed by atoms with Gasteiger partial charge < -0.3 is 14.7 Å². The maximum atomic E-state index is 12.1. The number of carbonyl (C=O) groups excluding carboxylic acids is 2. The van der Waals surface area contributed by atoms with E-state index in [-0.39, 0.29) is 6.42 Å². The maximum Gasteiger partial charge on any atom is 0.327 e. The SMILES string of the molecule is CCC(=O)O[C@]1(N)C(=O)N2[C@@H](C(=O)O)C(C)(C)S[C@@H]21. The number of hydrogen-bond acceptors (Lipinski definition) is 6. The third-order valence-electron chi connectivity index (χ3n) is 3.35. The summed E-state index contributed by atoms with van der Waals surface area (Å²) in [5, 5.41) is 8.58. The summed E-state index contributed by atoms with van der Waals surface area (Å²) in [7, 11) is 0. The second kappa shape index (κ2) is 4.11. The van der Waals surface area contributed by atoms with Gasteiger partial charge in [-0.05, 0) is 13.8 Å². The molecular weight excluding hydrogens is 272 g/mol. The summed E-state index contributed by atoms with van der Waals surface area (Å²) in [5.41, 5.74) is 4.11. The smallest absolute Gasteiger partial charge is 0.327 e. The number of aliphatic carboxylic acids is 1. The van der Waals surface area contributed by atoms with Crippen LogP contribution in [0.1, 0.15) is 27.2 Å². The molecule has 3 N–H and O–H groups in total. The monoisotopic (exact) mass is 288 g/mol. The van der Waals surface area contributed by atoms with Gasteiger partial charge in [-0.15, -0.1) is 11.8 Å². The maximum absolute atomic E-state index is 12.1. The van der Waals surface area contributed by atoms with Gasteiger partial charge in [-0.1, -0.05) is 6.92 Å². The highest BCUT2D eigenvalue weighted by molar-refractivity contribution is 8.01. The lowest BCUT2D eigenvalue weighted by molar-refractivity contribution is -0.201. The molecule has 0 aromatic rings. The average molecular weight is 288 g/mol. The molecule has 0 saturated carbocycles. The van der Waals surface area contributed by atoms with E-state index in [4.69, 9.17) is 10.5 Å². The van der Waals surface area contributed by atoms with E-state index in [1.807, 2.05) is 0 Å². The summed E-state index contributed by atoms with van der Waals surface area (Å²) >= 11 is 1.24. The molecule has 8 heteroatoms. The first-order valence-electron chi connectivity index (χ1n) is 5.89. The van der Waals surface area contributed by atoms with E-state index in [2.05, 4.69) is 0 Å². The van der Waals surface area contributed by atoms with Crippen LogP contribution in [0.2, 0.25) is 0 Å². The summed E-state index contributed by atoms with van der Waals surface area (Å²) in [6, 6.07) is -0.966. The fourth-order valence-electron chi connectivity index (χ4n) is 2.41. The lowest BCUT2D eigenvalue weighted by Gasteiger charge is -2.49. The Bertz CT molecular complexity index is 466. The van der Waals surface area contributed by atoms with Crippen LogP contribution >= 0.6 is 11.8 Å². The Balaban J connectivity index is 2.27. The van der Waals surface area contributed by atoms with Crippen LogP contribution in [-0.2, 0) is 19.1 Å². The third-order valence-corrected chi connectivity index (χ3v) is 4.98. The van der Waals surface area contributed by atoms with Gasteiger partial charge in [0.15, 0.2) is 0 Å². The van der Waals surface area contributed by atoms with Crippen molar-refractivity contribution < 1.29 is 24.2 Å². The molecule has 3 atom stereocenters. The Morgan fingerprint density at radius 1 is 1.53 bits per heavy atom. The number of carbonyl (C=O) groups is 3. The molecule has 1 amide bonds. The van der Waals surface area contributed by atoms with Crippen LogP contribution in [0.5, 0.6) is 0 Å². The highest BCUT2D eigenvalue weighted by atomic mass is 32.2. The largest absolute Gasteiger partial charge is 0.480 e. The fourth-order valence-corrected chi connectivity index (χ4v) is 3.98. The summed E-state index contributed by atoms with van der Waals surface area (Å²) in [4.78, 5) is 35.9. The van der Waals surface area contributed by atoms with Crippen molar-refractivity contribution in [3.63, 3.8) is 0 Å². The molecule has 7 nitrogen and oxygen atoms in total. The molecule has 0 radical (unpaired) electrons. The number of esters is 1. The standard InChI is InChI=1S/C11H16N2O5S/c1-4-5(14)18-11(12)8(17)13-6(7(15)16)10(2,3)19-9(11)13/h6,9H,4,12H2,1-3H3,(H,15,16)/t6-,9+,11+/m0/s1. The van der Waals surface area contributed by atoms with Gasteiger partial charge in [0.2, 0.25) is 0 Å². The normalized spacial score (nSPS) is 35.6. The number of hydrogen-bond donors (Lipinski definition) is 2. The first kappa shape index (κ1) is 14.1. The topological polar surface area (TPSA) is 110 Å². The Morgan fingerprint density at radius 3 is 2.58 bits per heavy atom. The fraction of sp³-hybridized carbons (Fsp3) is 0.727. The summed E-state index contributed by atoms with van der Waals surface area (Å²) in [6.45, 7) is 5.05. The third kappa shape index (κ3) is 1.81. The Kier molecular flexibility index (Phi) is 3.06. The molecule has 0 aromatic heterocycles. The molecule has 0 unspecified atom stereocenters. The number of nitrogens with two attached hydrogens (primary N) is 1.